The number of nitrogens with one attached hydrogen (secondary N) is 1. The van der Waals surface area contributed by atoms with E-state index < -0.39 is 0 Å². The van der Waals surface area contributed by atoms with Crippen molar-refractivity contribution in [2.75, 3.05) is 7.05 Å². The van der Waals surface area contributed by atoms with Gasteiger partial charge in [0.2, 0.25) is 11.7 Å². The first-order valence-electron chi connectivity index (χ1n) is 6.75. The van der Waals surface area contributed by atoms with E-state index in [1.54, 1.807) is 11.7 Å². The molecule has 0 aliphatic heterocycles. The molecule has 1 unspecified atom stereocenters. The fourth-order valence-corrected chi connectivity index (χ4v) is 3.36. The maximum atomic E-state index is 5.36. The van der Waals surface area contributed by atoms with Gasteiger partial charge < -0.3 is 9.84 Å². The summed E-state index contributed by atoms with van der Waals surface area (Å²) in [5.74, 6) is 2.11. The maximum Gasteiger partial charge on any atom is 0.228 e. The second-order valence-electron chi connectivity index (χ2n) is 5.02. The Kier molecular flexibility index (Phi) is 3.89. The third kappa shape index (κ3) is 2.84. The molecule has 0 spiro atoms. The molecule has 1 atom stereocenters. The number of aromatic nitrogens is 3. The molecule has 0 radical (unpaired) electrons. The minimum absolute atomic E-state index is 0.442. The van der Waals surface area contributed by atoms with E-state index >= 15 is 0 Å². The highest BCUT2D eigenvalue weighted by molar-refractivity contribution is 7.13. The number of hydrogen-bond acceptors (Lipinski definition) is 6. The molecule has 2 heterocycles. The monoisotopic (exact) mass is 278 g/mol. The summed E-state index contributed by atoms with van der Waals surface area (Å²) in [6.07, 6.45) is 7.89. The summed E-state index contributed by atoms with van der Waals surface area (Å²) >= 11 is 1.53. The zero-order valence-electron chi connectivity index (χ0n) is 11.0. The first-order chi connectivity index (χ1) is 9.36. The van der Waals surface area contributed by atoms with E-state index in [-0.39, 0.29) is 0 Å². The minimum Gasteiger partial charge on any atom is -0.339 e. The van der Waals surface area contributed by atoms with Crippen molar-refractivity contribution >= 4 is 11.3 Å². The Bertz CT molecular complexity index is 504. The SMILES string of the molecule is CNC(Cc1nc(-c2cncs2)no1)C1CCCC1. The van der Waals surface area contributed by atoms with Gasteiger partial charge in [-0.05, 0) is 25.8 Å². The third-order valence-electron chi connectivity index (χ3n) is 3.85. The molecule has 19 heavy (non-hydrogen) atoms. The van der Waals surface area contributed by atoms with Crippen LogP contribution in [-0.2, 0) is 6.42 Å². The number of likely N-dealkylation sites (N-methyl/N-ethyl adjacent to an activating group) is 1. The lowest BCUT2D eigenvalue weighted by atomic mass is 9.95. The average Bonchev–Trinajstić information content (AvgIpc) is 3.15. The second-order valence-corrected chi connectivity index (χ2v) is 5.91. The first-order valence-corrected chi connectivity index (χ1v) is 7.63. The van der Waals surface area contributed by atoms with Gasteiger partial charge in [-0.3, -0.25) is 4.98 Å². The van der Waals surface area contributed by atoms with Crippen LogP contribution in [0.5, 0.6) is 0 Å². The smallest absolute Gasteiger partial charge is 0.228 e. The first kappa shape index (κ1) is 12.7. The third-order valence-corrected chi connectivity index (χ3v) is 4.62. The van der Waals surface area contributed by atoms with Crippen LogP contribution in [0.25, 0.3) is 10.7 Å². The van der Waals surface area contributed by atoms with E-state index in [4.69, 9.17) is 4.52 Å². The molecule has 2 aromatic heterocycles. The predicted molar refractivity (Wildman–Crippen MR) is 73.9 cm³/mol. The molecule has 6 heteroatoms. The predicted octanol–water partition coefficient (Wildman–Crippen LogP) is 2.51. The van der Waals surface area contributed by atoms with Crippen LogP contribution in [0.1, 0.15) is 31.6 Å². The van der Waals surface area contributed by atoms with Crippen molar-refractivity contribution in [1.82, 2.24) is 20.4 Å². The van der Waals surface area contributed by atoms with Crippen molar-refractivity contribution in [2.45, 2.75) is 38.1 Å². The average molecular weight is 278 g/mol. The molecule has 0 amide bonds. The van der Waals surface area contributed by atoms with Gasteiger partial charge in [-0.15, -0.1) is 11.3 Å². The van der Waals surface area contributed by atoms with Gasteiger partial charge >= 0.3 is 0 Å². The highest BCUT2D eigenvalue weighted by Crippen LogP contribution is 2.29. The van der Waals surface area contributed by atoms with Crippen LogP contribution >= 0.6 is 11.3 Å². The zero-order valence-corrected chi connectivity index (χ0v) is 11.8. The van der Waals surface area contributed by atoms with Crippen molar-refractivity contribution < 1.29 is 4.52 Å². The summed E-state index contributed by atoms with van der Waals surface area (Å²) in [5, 5.41) is 7.43. The van der Waals surface area contributed by atoms with Gasteiger partial charge in [0.15, 0.2) is 0 Å². The molecule has 1 aliphatic carbocycles. The number of hydrogen-bond donors (Lipinski definition) is 1. The Hall–Kier alpha value is -1.27. The van der Waals surface area contributed by atoms with E-state index in [1.807, 2.05) is 7.05 Å². The fraction of sp³-hybridized carbons (Fsp3) is 0.615. The molecule has 5 nitrogen and oxygen atoms in total. The Morgan fingerprint density at radius 3 is 3.00 bits per heavy atom. The molecule has 1 fully saturated rings. The lowest BCUT2D eigenvalue weighted by Gasteiger charge is -2.20. The second kappa shape index (κ2) is 5.79. The number of thiazole rings is 1. The standard InChI is InChI=1S/C13H18N4OS/c1-14-10(9-4-2-3-5-9)6-12-16-13(17-18-12)11-7-15-8-19-11/h7-10,14H,2-6H2,1H3. The van der Waals surface area contributed by atoms with Crippen molar-refractivity contribution in [3.63, 3.8) is 0 Å². The Morgan fingerprint density at radius 2 is 2.32 bits per heavy atom. The zero-order chi connectivity index (χ0) is 13.1. The van der Waals surface area contributed by atoms with Gasteiger partial charge in [0, 0.05) is 18.7 Å². The van der Waals surface area contributed by atoms with Crippen molar-refractivity contribution in [3.05, 3.63) is 17.6 Å². The molecule has 0 aromatic carbocycles. The molecule has 0 saturated heterocycles. The molecule has 1 aliphatic rings. The lowest BCUT2D eigenvalue weighted by Crippen LogP contribution is -2.34. The van der Waals surface area contributed by atoms with Crippen LogP contribution in [0.4, 0.5) is 0 Å². The van der Waals surface area contributed by atoms with Gasteiger partial charge in [-0.1, -0.05) is 18.0 Å². The quantitative estimate of drug-likeness (QED) is 0.910. The topological polar surface area (TPSA) is 63.8 Å². The summed E-state index contributed by atoms with van der Waals surface area (Å²) in [6, 6.07) is 0.442. The molecule has 3 rings (SSSR count). The van der Waals surface area contributed by atoms with Gasteiger partial charge in [0.25, 0.3) is 0 Å². The summed E-state index contributed by atoms with van der Waals surface area (Å²) in [6.45, 7) is 0. The summed E-state index contributed by atoms with van der Waals surface area (Å²) in [7, 11) is 2.02. The fourth-order valence-electron chi connectivity index (χ4n) is 2.82. The minimum atomic E-state index is 0.442. The van der Waals surface area contributed by atoms with Crippen LogP contribution in [0, 0.1) is 5.92 Å². The highest BCUT2D eigenvalue weighted by Gasteiger charge is 2.25. The molecular weight excluding hydrogens is 260 g/mol. The molecule has 2 aromatic rings. The maximum absolute atomic E-state index is 5.36. The van der Waals surface area contributed by atoms with Gasteiger partial charge in [-0.25, -0.2) is 0 Å². The van der Waals surface area contributed by atoms with Gasteiger partial charge in [0.05, 0.1) is 10.4 Å². The summed E-state index contributed by atoms with van der Waals surface area (Å²) in [5.41, 5.74) is 1.78. The largest absolute Gasteiger partial charge is 0.339 e. The Balaban J connectivity index is 1.68. The van der Waals surface area contributed by atoms with E-state index in [2.05, 4.69) is 20.4 Å². The van der Waals surface area contributed by atoms with E-state index in [0.29, 0.717) is 11.9 Å². The van der Waals surface area contributed by atoms with Gasteiger partial charge in [-0.2, -0.15) is 4.98 Å². The highest BCUT2D eigenvalue weighted by atomic mass is 32.1. The van der Waals surface area contributed by atoms with E-state index in [9.17, 15) is 0 Å². The van der Waals surface area contributed by atoms with Crippen molar-refractivity contribution in [3.8, 4) is 10.7 Å². The van der Waals surface area contributed by atoms with Crippen molar-refractivity contribution in [2.24, 2.45) is 5.92 Å². The van der Waals surface area contributed by atoms with Crippen LogP contribution in [0.3, 0.4) is 0 Å². The van der Waals surface area contributed by atoms with Crippen LogP contribution in [0.15, 0.2) is 16.2 Å². The number of nitrogens with zero attached hydrogens (tertiary/aromatic N) is 3. The Labute approximate surface area is 116 Å². The normalized spacial score (nSPS) is 17.9. The summed E-state index contributed by atoms with van der Waals surface area (Å²) < 4.78 is 5.36. The van der Waals surface area contributed by atoms with Crippen LogP contribution < -0.4 is 5.32 Å². The number of rotatable bonds is 5. The molecule has 102 valence electrons. The van der Waals surface area contributed by atoms with Crippen LogP contribution in [-0.4, -0.2) is 28.2 Å². The molecule has 0 bridgehead atoms. The molecule has 1 N–H and O–H groups in total. The Morgan fingerprint density at radius 1 is 1.47 bits per heavy atom. The van der Waals surface area contributed by atoms with E-state index in [0.717, 1.165) is 23.1 Å². The summed E-state index contributed by atoms with van der Waals surface area (Å²) in [4.78, 5) is 9.45. The molecule has 1 saturated carbocycles. The van der Waals surface area contributed by atoms with Crippen LogP contribution in [0.2, 0.25) is 0 Å². The molecular formula is C13H18N4OS. The van der Waals surface area contributed by atoms with E-state index in [1.165, 1.54) is 37.0 Å². The van der Waals surface area contributed by atoms with Gasteiger partial charge in [0.1, 0.15) is 0 Å². The van der Waals surface area contributed by atoms with Crippen molar-refractivity contribution in [1.29, 1.82) is 0 Å². The lowest BCUT2D eigenvalue weighted by molar-refractivity contribution is 0.318.